The predicted octanol–water partition coefficient (Wildman–Crippen LogP) is 1.45. The van der Waals surface area contributed by atoms with Crippen LogP contribution in [0.4, 0.5) is 5.95 Å². The summed E-state index contributed by atoms with van der Waals surface area (Å²) in [5.74, 6) is 0.766. The fourth-order valence-corrected chi connectivity index (χ4v) is 1.64. The van der Waals surface area contributed by atoms with Crippen LogP contribution < -0.4 is 10.2 Å². The molecule has 0 aliphatic heterocycles. The fraction of sp³-hybridized carbons (Fsp3) is 0.692. The van der Waals surface area contributed by atoms with E-state index >= 15 is 0 Å². The molecule has 0 atom stereocenters. The van der Waals surface area contributed by atoms with Crippen molar-refractivity contribution in [1.82, 2.24) is 15.3 Å². The van der Waals surface area contributed by atoms with Crippen molar-refractivity contribution in [2.75, 3.05) is 31.7 Å². The summed E-state index contributed by atoms with van der Waals surface area (Å²) in [4.78, 5) is 11.0. The molecule has 1 N–H and O–H groups in total. The second-order valence-corrected chi connectivity index (χ2v) is 4.45. The summed E-state index contributed by atoms with van der Waals surface area (Å²) in [6, 6.07) is 0.361. The van der Waals surface area contributed by atoms with E-state index < -0.39 is 0 Å². The van der Waals surface area contributed by atoms with Gasteiger partial charge in [0.25, 0.3) is 0 Å². The third kappa shape index (κ3) is 4.58. The molecule has 0 aliphatic rings. The van der Waals surface area contributed by atoms with Crippen LogP contribution in [-0.4, -0.2) is 42.8 Å². The first-order valence-corrected chi connectivity index (χ1v) is 6.46. The molecule has 0 spiro atoms. The Morgan fingerprint density at radius 2 is 2.00 bits per heavy atom. The molecular weight excluding hydrogens is 228 g/mol. The maximum Gasteiger partial charge on any atom is 0.225 e. The Balaban J connectivity index is 2.67. The van der Waals surface area contributed by atoms with Crippen molar-refractivity contribution in [3.63, 3.8) is 0 Å². The first-order valence-electron chi connectivity index (χ1n) is 6.46. The van der Waals surface area contributed by atoms with E-state index in [1.807, 2.05) is 12.4 Å². The molecule has 1 aromatic heterocycles. The number of hydrogen-bond donors (Lipinski definition) is 1. The first kappa shape index (κ1) is 14.9. The van der Waals surface area contributed by atoms with Crippen LogP contribution in [-0.2, 0) is 11.3 Å². The average molecular weight is 252 g/mol. The highest BCUT2D eigenvalue weighted by molar-refractivity contribution is 5.31. The molecule has 5 nitrogen and oxygen atoms in total. The fourth-order valence-electron chi connectivity index (χ4n) is 1.64. The summed E-state index contributed by atoms with van der Waals surface area (Å²) in [5.41, 5.74) is 1.11. The van der Waals surface area contributed by atoms with Gasteiger partial charge in [-0.3, -0.25) is 0 Å². The largest absolute Gasteiger partial charge is 0.383 e. The number of rotatable bonds is 8. The Kier molecular flexibility index (Phi) is 6.60. The van der Waals surface area contributed by atoms with E-state index in [0.717, 1.165) is 31.1 Å². The Labute approximate surface area is 110 Å². The number of anilines is 1. The lowest BCUT2D eigenvalue weighted by atomic mass is 10.3. The topological polar surface area (TPSA) is 50.3 Å². The maximum absolute atomic E-state index is 5.11. The molecule has 1 heterocycles. The number of nitrogens with zero attached hydrogens (tertiary/aromatic N) is 3. The third-order valence-corrected chi connectivity index (χ3v) is 2.69. The van der Waals surface area contributed by atoms with Crippen molar-refractivity contribution in [3.8, 4) is 0 Å². The second kappa shape index (κ2) is 8.00. The molecule has 0 fully saturated rings. The van der Waals surface area contributed by atoms with Crippen molar-refractivity contribution < 1.29 is 4.74 Å². The Bertz CT molecular complexity index is 326. The maximum atomic E-state index is 5.11. The molecule has 0 unspecified atom stereocenters. The van der Waals surface area contributed by atoms with Crippen LogP contribution in [0.15, 0.2) is 12.4 Å². The van der Waals surface area contributed by atoms with Crippen LogP contribution in [0, 0.1) is 0 Å². The summed E-state index contributed by atoms with van der Waals surface area (Å²) in [6.07, 6.45) is 3.76. The zero-order valence-electron chi connectivity index (χ0n) is 11.8. The second-order valence-electron chi connectivity index (χ2n) is 4.45. The molecule has 18 heavy (non-hydrogen) atoms. The SMILES string of the molecule is CCNCc1cnc(N(CCOC)C(C)C)nc1. The Morgan fingerprint density at radius 1 is 1.33 bits per heavy atom. The van der Waals surface area contributed by atoms with E-state index in [9.17, 15) is 0 Å². The highest BCUT2D eigenvalue weighted by atomic mass is 16.5. The van der Waals surface area contributed by atoms with Gasteiger partial charge in [-0.2, -0.15) is 0 Å². The quantitative estimate of drug-likeness (QED) is 0.759. The van der Waals surface area contributed by atoms with Gasteiger partial charge < -0.3 is 15.0 Å². The minimum Gasteiger partial charge on any atom is -0.383 e. The molecule has 102 valence electrons. The van der Waals surface area contributed by atoms with Crippen LogP contribution in [0.1, 0.15) is 26.3 Å². The lowest BCUT2D eigenvalue weighted by Crippen LogP contribution is -2.35. The van der Waals surface area contributed by atoms with Crippen molar-refractivity contribution in [2.45, 2.75) is 33.4 Å². The van der Waals surface area contributed by atoms with Crippen LogP contribution in [0.3, 0.4) is 0 Å². The Hall–Kier alpha value is -1.20. The summed E-state index contributed by atoms with van der Waals surface area (Å²) < 4.78 is 5.11. The summed E-state index contributed by atoms with van der Waals surface area (Å²) >= 11 is 0. The number of methoxy groups -OCH3 is 1. The van der Waals surface area contributed by atoms with Crippen molar-refractivity contribution >= 4 is 5.95 Å². The normalized spacial score (nSPS) is 10.9. The van der Waals surface area contributed by atoms with Gasteiger partial charge in [0.2, 0.25) is 5.95 Å². The molecule has 0 bridgehead atoms. The van der Waals surface area contributed by atoms with E-state index in [0.29, 0.717) is 12.6 Å². The molecule has 0 aliphatic carbocycles. The van der Waals surface area contributed by atoms with Gasteiger partial charge in [-0.15, -0.1) is 0 Å². The smallest absolute Gasteiger partial charge is 0.225 e. The number of aromatic nitrogens is 2. The van der Waals surface area contributed by atoms with E-state index in [-0.39, 0.29) is 0 Å². The molecular formula is C13H24N4O. The van der Waals surface area contributed by atoms with Gasteiger partial charge in [0.1, 0.15) is 0 Å². The van der Waals surface area contributed by atoms with E-state index in [1.54, 1.807) is 7.11 Å². The predicted molar refractivity (Wildman–Crippen MR) is 73.8 cm³/mol. The summed E-state index contributed by atoms with van der Waals surface area (Å²) in [7, 11) is 1.71. The van der Waals surface area contributed by atoms with Gasteiger partial charge in [-0.1, -0.05) is 6.92 Å². The van der Waals surface area contributed by atoms with Gasteiger partial charge in [0.15, 0.2) is 0 Å². The number of ether oxygens (including phenoxy) is 1. The Morgan fingerprint density at radius 3 is 2.50 bits per heavy atom. The zero-order valence-corrected chi connectivity index (χ0v) is 11.8. The molecule has 5 heteroatoms. The number of hydrogen-bond acceptors (Lipinski definition) is 5. The van der Waals surface area contributed by atoms with Crippen molar-refractivity contribution in [2.24, 2.45) is 0 Å². The van der Waals surface area contributed by atoms with Gasteiger partial charge >= 0.3 is 0 Å². The number of nitrogens with one attached hydrogen (secondary N) is 1. The molecule has 0 aromatic carbocycles. The standard InChI is InChI=1S/C13H24N4O/c1-5-14-8-12-9-15-13(16-10-12)17(11(2)3)6-7-18-4/h9-11,14H,5-8H2,1-4H3. The van der Waals surface area contributed by atoms with E-state index in [4.69, 9.17) is 4.74 Å². The highest BCUT2D eigenvalue weighted by Crippen LogP contribution is 2.10. The molecule has 1 aromatic rings. The minimum absolute atomic E-state index is 0.361. The molecule has 0 radical (unpaired) electrons. The minimum atomic E-state index is 0.361. The lowest BCUT2D eigenvalue weighted by Gasteiger charge is -2.26. The molecule has 0 amide bonds. The summed E-state index contributed by atoms with van der Waals surface area (Å²) in [6.45, 7) is 9.60. The van der Waals surface area contributed by atoms with Crippen LogP contribution >= 0.6 is 0 Å². The summed E-state index contributed by atoms with van der Waals surface area (Å²) in [5, 5.41) is 3.26. The zero-order chi connectivity index (χ0) is 13.4. The van der Waals surface area contributed by atoms with Crippen molar-refractivity contribution in [3.05, 3.63) is 18.0 Å². The first-order chi connectivity index (χ1) is 8.69. The van der Waals surface area contributed by atoms with Crippen molar-refractivity contribution in [1.29, 1.82) is 0 Å². The van der Waals surface area contributed by atoms with Crippen LogP contribution in [0.2, 0.25) is 0 Å². The lowest BCUT2D eigenvalue weighted by molar-refractivity contribution is 0.203. The van der Waals surface area contributed by atoms with E-state index in [2.05, 4.69) is 41.0 Å². The average Bonchev–Trinajstić information content (AvgIpc) is 2.38. The van der Waals surface area contributed by atoms with Gasteiger partial charge in [-0.05, 0) is 20.4 Å². The molecule has 0 saturated heterocycles. The van der Waals surface area contributed by atoms with Gasteiger partial charge in [0.05, 0.1) is 6.61 Å². The molecule has 1 rings (SSSR count). The van der Waals surface area contributed by atoms with Gasteiger partial charge in [0, 0.05) is 44.2 Å². The monoisotopic (exact) mass is 252 g/mol. The van der Waals surface area contributed by atoms with E-state index in [1.165, 1.54) is 0 Å². The van der Waals surface area contributed by atoms with Crippen LogP contribution in [0.5, 0.6) is 0 Å². The van der Waals surface area contributed by atoms with Crippen LogP contribution in [0.25, 0.3) is 0 Å². The third-order valence-electron chi connectivity index (χ3n) is 2.69. The molecule has 0 saturated carbocycles. The van der Waals surface area contributed by atoms with Gasteiger partial charge in [-0.25, -0.2) is 9.97 Å². The highest BCUT2D eigenvalue weighted by Gasteiger charge is 2.12.